The van der Waals surface area contributed by atoms with Gasteiger partial charge in [-0.3, -0.25) is 0 Å². The Hall–Kier alpha value is -2.32. The van der Waals surface area contributed by atoms with Gasteiger partial charge in [0.25, 0.3) is 0 Å². The summed E-state index contributed by atoms with van der Waals surface area (Å²) in [4.78, 5) is 0. The number of benzene rings is 2. The van der Waals surface area contributed by atoms with Gasteiger partial charge in [-0.25, -0.2) is 0 Å². The Bertz CT molecular complexity index is 975. The van der Waals surface area contributed by atoms with Gasteiger partial charge >= 0.3 is 0 Å². The van der Waals surface area contributed by atoms with Crippen LogP contribution in [0.25, 0.3) is 0 Å². The van der Waals surface area contributed by atoms with E-state index in [0.717, 1.165) is 29.5 Å². The van der Waals surface area contributed by atoms with E-state index < -0.39 is 11.7 Å². The van der Waals surface area contributed by atoms with Crippen molar-refractivity contribution >= 4 is 0 Å². The third kappa shape index (κ3) is 6.18. The van der Waals surface area contributed by atoms with Crippen LogP contribution in [0, 0.1) is 25.7 Å². The van der Waals surface area contributed by atoms with E-state index >= 15 is 0 Å². The number of hydrogen-bond acceptors (Lipinski definition) is 4. The summed E-state index contributed by atoms with van der Waals surface area (Å²) in [5.41, 5.74) is 4.46. The highest BCUT2D eigenvalue weighted by molar-refractivity contribution is 5.50. The second kappa shape index (κ2) is 11.7. The second-order valence-corrected chi connectivity index (χ2v) is 8.94. The van der Waals surface area contributed by atoms with Crippen LogP contribution in [0.15, 0.2) is 36.4 Å². The van der Waals surface area contributed by atoms with Crippen LogP contribution in [-0.4, -0.2) is 40.2 Å². The lowest BCUT2D eigenvalue weighted by molar-refractivity contribution is 0.0534. The molecular formula is C29H40O4. The Kier molecular flexibility index (Phi) is 9.55. The number of aliphatic hydroxyl groups is 3. The maximum atomic E-state index is 10.5. The first kappa shape index (κ1) is 26.9. The molecule has 33 heavy (non-hydrogen) atoms. The van der Waals surface area contributed by atoms with Gasteiger partial charge in [0.05, 0.1) is 6.61 Å². The molecule has 0 aliphatic heterocycles. The Balaban J connectivity index is 2.42. The highest BCUT2D eigenvalue weighted by Gasteiger charge is 2.31. The summed E-state index contributed by atoms with van der Waals surface area (Å²) in [7, 11) is 0. The fourth-order valence-electron chi connectivity index (χ4n) is 4.29. The topological polar surface area (TPSA) is 69.9 Å². The Morgan fingerprint density at radius 3 is 1.94 bits per heavy atom. The lowest BCUT2D eigenvalue weighted by atomic mass is 9.70. The summed E-state index contributed by atoms with van der Waals surface area (Å²) in [6.07, 6.45) is 2.23. The summed E-state index contributed by atoms with van der Waals surface area (Å²) < 4.78 is 5.69. The molecule has 0 spiro atoms. The van der Waals surface area contributed by atoms with Crippen LogP contribution in [0.4, 0.5) is 0 Å². The second-order valence-electron chi connectivity index (χ2n) is 8.94. The highest BCUT2D eigenvalue weighted by Crippen LogP contribution is 2.41. The Morgan fingerprint density at radius 1 is 0.879 bits per heavy atom. The van der Waals surface area contributed by atoms with Crippen molar-refractivity contribution in [1.82, 2.24) is 0 Å². The summed E-state index contributed by atoms with van der Waals surface area (Å²) in [6.45, 7) is 12.2. The molecule has 1 atom stereocenters. The largest absolute Gasteiger partial charge is 0.491 e. The maximum absolute atomic E-state index is 10.5. The number of ether oxygens (including phenoxy) is 1. The van der Waals surface area contributed by atoms with Gasteiger partial charge in [-0.1, -0.05) is 63.8 Å². The smallest absolute Gasteiger partial charge is 0.125 e. The molecule has 0 saturated heterocycles. The molecule has 0 unspecified atom stereocenters. The molecule has 0 aliphatic carbocycles. The van der Waals surface area contributed by atoms with E-state index in [-0.39, 0.29) is 18.6 Å². The van der Waals surface area contributed by atoms with Crippen LogP contribution >= 0.6 is 0 Å². The first-order chi connectivity index (χ1) is 15.7. The molecule has 0 fully saturated rings. The van der Waals surface area contributed by atoms with Crippen molar-refractivity contribution < 1.29 is 20.1 Å². The summed E-state index contributed by atoms with van der Waals surface area (Å²) in [5, 5.41) is 29.1. The third-order valence-corrected chi connectivity index (χ3v) is 6.96. The molecule has 180 valence electrons. The van der Waals surface area contributed by atoms with E-state index in [1.54, 1.807) is 0 Å². The van der Waals surface area contributed by atoms with Crippen molar-refractivity contribution in [2.75, 3.05) is 13.2 Å². The molecule has 2 aromatic carbocycles. The van der Waals surface area contributed by atoms with Crippen LogP contribution in [-0.2, 0) is 5.41 Å². The zero-order valence-corrected chi connectivity index (χ0v) is 21.0. The monoisotopic (exact) mass is 452 g/mol. The molecule has 4 nitrogen and oxygen atoms in total. The average Bonchev–Trinajstić information content (AvgIpc) is 2.83. The molecule has 2 aromatic rings. The highest BCUT2D eigenvalue weighted by atomic mass is 16.5. The Morgan fingerprint density at radius 2 is 1.45 bits per heavy atom. The van der Waals surface area contributed by atoms with Gasteiger partial charge in [-0.05, 0) is 73.9 Å². The van der Waals surface area contributed by atoms with Gasteiger partial charge < -0.3 is 20.1 Å². The lowest BCUT2D eigenvalue weighted by Crippen LogP contribution is -2.26. The van der Waals surface area contributed by atoms with Crippen LogP contribution in [0.1, 0.15) is 81.2 Å². The van der Waals surface area contributed by atoms with Crippen LogP contribution in [0.2, 0.25) is 0 Å². The molecule has 0 amide bonds. The lowest BCUT2D eigenvalue weighted by Gasteiger charge is -2.34. The van der Waals surface area contributed by atoms with E-state index in [1.165, 1.54) is 11.1 Å². The fourth-order valence-corrected chi connectivity index (χ4v) is 4.29. The quantitative estimate of drug-likeness (QED) is 0.442. The SMILES string of the molecule is CCC(O)(C#Cc1ccc(C(CC)(CC)c2ccc(OC[C@@H](O)CO)c(C)c2)cc1C)CC. The number of hydrogen-bond donors (Lipinski definition) is 3. The normalized spacial score (nSPS) is 12.8. The zero-order chi connectivity index (χ0) is 24.6. The van der Waals surface area contributed by atoms with Gasteiger partial charge in [0, 0.05) is 11.0 Å². The van der Waals surface area contributed by atoms with E-state index in [9.17, 15) is 10.2 Å². The van der Waals surface area contributed by atoms with Gasteiger partial charge in [-0.15, -0.1) is 0 Å². The number of aliphatic hydroxyl groups excluding tert-OH is 2. The van der Waals surface area contributed by atoms with Crippen molar-refractivity contribution in [2.24, 2.45) is 0 Å². The fraction of sp³-hybridized carbons (Fsp3) is 0.517. The molecule has 0 saturated carbocycles. The van der Waals surface area contributed by atoms with E-state index in [1.807, 2.05) is 26.8 Å². The third-order valence-electron chi connectivity index (χ3n) is 6.96. The predicted molar refractivity (Wildman–Crippen MR) is 135 cm³/mol. The van der Waals surface area contributed by atoms with Gasteiger partial charge in [0.15, 0.2) is 0 Å². The first-order valence-corrected chi connectivity index (χ1v) is 12.1. The standard InChI is InChI=1S/C29H40O4/c1-7-28(32,8-2)16-15-23-11-12-24(17-21(23)5)29(9-3,10-4)25-13-14-27(22(6)18-25)33-20-26(31)19-30/h11-14,17-18,26,30-32H,7-10,19-20H2,1-6H3/t26-/m0/s1. The molecule has 2 rings (SSSR count). The average molecular weight is 453 g/mol. The molecular weight excluding hydrogens is 412 g/mol. The minimum atomic E-state index is -0.934. The first-order valence-electron chi connectivity index (χ1n) is 12.1. The summed E-state index contributed by atoms with van der Waals surface area (Å²) in [6, 6.07) is 12.7. The van der Waals surface area contributed by atoms with Crippen LogP contribution in [0.5, 0.6) is 5.75 Å². The van der Waals surface area contributed by atoms with E-state index in [2.05, 4.69) is 62.9 Å². The van der Waals surface area contributed by atoms with Crippen molar-refractivity contribution in [2.45, 2.75) is 84.3 Å². The van der Waals surface area contributed by atoms with Gasteiger partial charge in [-0.2, -0.15) is 0 Å². The van der Waals surface area contributed by atoms with Crippen molar-refractivity contribution in [1.29, 1.82) is 0 Å². The molecule has 4 heteroatoms. The van der Waals surface area contributed by atoms with Crippen LogP contribution in [0.3, 0.4) is 0 Å². The molecule has 3 N–H and O–H groups in total. The minimum Gasteiger partial charge on any atom is -0.491 e. The minimum absolute atomic E-state index is 0.0657. The predicted octanol–water partition coefficient (Wildman–Crippen LogP) is 5.04. The molecule has 0 radical (unpaired) electrons. The van der Waals surface area contributed by atoms with Crippen LogP contribution < -0.4 is 4.74 Å². The Labute approximate surface area is 199 Å². The van der Waals surface area contributed by atoms with Gasteiger partial charge in [0.2, 0.25) is 0 Å². The van der Waals surface area contributed by atoms with E-state index in [0.29, 0.717) is 18.6 Å². The van der Waals surface area contributed by atoms with Crippen molar-refractivity contribution in [3.63, 3.8) is 0 Å². The zero-order valence-electron chi connectivity index (χ0n) is 21.0. The van der Waals surface area contributed by atoms with E-state index in [4.69, 9.17) is 9.84 Å². The maximum Gasteiger partial charge on any atom is 0.125 e. The number of rotatable bonds is 10. The van der Waals surface area contributed by atoms with Crippen molar-refractivity contribution in [3.05, 3.63) is 64.2 Å². The summed E-state index contributed by atoms with van der Waals surface area (Å²) in [5.74, 6) is 6.98. The van der Waals surface area contributed by atoms with Crippen molar-refractivity contribution in [3.8, 4) is 17.6 Å². The van der Waals surface area contributed by atoms with Gasteiger partial charge in [0.1, 0.15) is 24.1 Å². The summed E-state index contributed by atoms with van der Waals surface area (Å²) >= 11 is 0. The molecule has 0 heterocycles. The number of aryl methyl sites for hydroxylation is 2. The molecule has 0 aliphatic rings. The molecule has 0 aromatic heterocycles. The molecule has 0 bridgehead atoms.